The number of hydrogen-bond donors (Lipinski definition) is 0. The van der Waals surface area contributed by atoms with Gasteiger partial charge in [0.2, 0.25) is 11.8 Å². The van der Waals surface area contributed by atoms with E-state index < -0.39 is 17.8 Å². The Balaban J connectivity index is 1.65. The minimum atomic E-state index is -0.579. The van der Waals surface area contributed by atoms with Gasteiger partial charge in [-0.05, 0) is 35.4 Å². The summed E-state index contributed by atoms with van der Waals surface area (Å²) >= 11 is 5.92. The van der Waals surface area contributed by atoms with Gasteiger partial charge in [-0.2, -0.15) is 0 Å². The Kier molecular flexibility index (Phi) is 2.98. The third-order valence-electron chi connectivity index (χ3n) is 5.77. The van der Waals surface area contributed by atoms with Crippen molar-refractivity contribution < 1.29 is 14.4 Å². The van der Waals surface area contributed by atoms with Crippen LogP contribution in [0.15, 0.2) is 48.5 Å². The minimum Gasteiger partial charge on any atom is -0.299 e. The Morgan fingerprint density at radius 3 is 2.20 bits per heavy atom. The van der Waals surface area contributed by atoms with Gasteiger partial charge < -0.3 is 0 Å². The molecule has 4 nitrogen and oxygen atoms in total. The first-order chi connectivity index (χ1) is 12.1. The lowest BCUT2D eigenvalue weighted by atomic mass is 9.56. The van der Waals surface area contributed by atoms with E-state index in [1.54, 1.807) is 24.3 Å². The summed E-state index contributed by atoms with van der Waals surface area (Å²) in [5, 5.41) is 0.544. The molecule has 3 aliphatic carbocycles. The van der Waals surface area contributed by atoms with Gasteiger partial charge in [0.25, 0.3) is 0 Å². The number of amides is 2. The summed E-state index contributed by atoms with van der Waals surface area (Å²) in [5.74, 6) is -2.12. The number of imide groups is 1. The Morgan fingerprint density at radius 1 is 0.840 bits per heavy atom. The normalized spacial score (nSPS) is 29.8. The second-order valence-electron chi connectivity index (χ2n) is 6.92. The first kappa shape index (κ1) is 14.8. The van der Waals surface area contributed by atoms with Crippen molar-refractivity contribution in [3.63, 3.8) is 0 Å². The number of Topliss-reactive ketones (excluding diaryl/α,β-unsaturated/α-hetero) is 1. The standard InChI is InChI=1S/C20H14ClNO3/c21-10-5-7-11(8-6-10)22-19(24)17-14-9-15(23)16(18(17)20(22)25)13-4-2-1-3-12(13)14/h1-8,14,16-18H,9H2/t14-,16+,17-,18-/m0/s1. The Labute approximate surface area is 149 Å². The third-order valence-corrected chi connectivity index (χ3v) is 6.03. The predicted octanol–water partition coefficient (Wildman–Crippen LogP) is 3.30. The lowest BCUT2D eigenvalue weighted by Gasteiger charge is -2.43. The second kappa shape index (κ2) is 5.02. The van der Waals surface area contributed by atoms with Gasteiger partial charge in [-0.15, -0.1) is 0 Å². The average molecular weight is 352 g/mol. The molecule has 4 aliphatic rings. The molecule has 5 heteroatoms. The van der Waals surface area contributed by atoms with Crippen LogP contribution >= 0.6 is 11.6 Å². The van der Waals surface area contributed by atoms with Crippen LogP contribution in [-0.4, -0.2) is 17.6 Å². The number of fused-ring (bicyclic) bond motifs is 1. The molecule has 2 aromatic rings. The van der Waals surface area contributed by atoms with Gasteiger partial charge in [0.1, 0.15) is 5.78 Å². The molecule has 124 valence electrons. The van der Waals surface area contributed by atoms with Gasteiger partial charge in [0.05, 0.1) is 23.4 Å². The zero-order valence-corrected chi connectivity index (χ0v) is 13.9. The van der Waals surface area contributed by atoms with Crippen molar-refractivity contribution in [3.8, 4) is 0 Å². The van der Waals surface area contributed by atoms with Crippen LogP contribution in [0.3, 0.4) is 0 Å². The molecule has 2 bridgehead atoms. The van der Waals surface area contributed by atoms with Gasteiger partial charge in [-0.1, -0.05) is 35.9 Å². The van der Waals surface area contributed by atoms with Crippen LogP contribution in [0.1, 0.15) is 29.4 Å². The van der Waals surface area contributed by atoms with E-state index in [0.29, 0.717) is 17.1 Å². The summed E-state index contributed by atoms with van der Waals surface area (Å²) in [6.07, 6.45) is 0.344. The Morgan fingerprint density at radius 2 is 1.48 bits per heavy atom. The molecule has 0 aromatic heterocycles. The van der Waals surface area contributed by atoms with E-state index in [9.17, 15) is 14.4 Å². The molecule has 0 spiro atoms. The van der Waals surface area contributed by atoms with Gasteiger partial charge in [0.15, 0.2) is 0 Å². The summed E-state index contributed by atoms with van der Waals surface area (Å²) in [6.45, 7) is 0. The summed E-state index contributed by atoms with van der Waals surface area (Å²) in [6, 6.07) is 14.4. The zero-order chi connectivity index (χ0) is 17.3. The average Bonchev–Trinajstić information content (AvgIpc) is 2.88. The van der Waals surface area contributed by atoms with Crippen LogP contribution in [0, 0.1) is 11.8 Å². The van der Waals surface area contributed by atoms with Crippen molar-refractivity contribution in [1.29, 1.82) is 0 Å². The predicted molar refractivity (Wildman–Crippen MR) is 92.5 cm³/mol. The van der Waals surface area contributed by atoms with E-state index in [1.807, 2.05) is 24.3 Å². The van der Waals surface area contributed by atoms with Crippen molar-refractivity contribution in [2.24, 2.45) is 11.8 Å². The topological polar surface area (TPSA) is 54.5 Å². The van der Waals surface area contributed by atoms with E-state index >= 15 is 0 Å². The lowest BCUT2D eigenvalue weighted by molar-refractivity contribution is -0.134. The molecule has 1 aliphatic heterocycles. The molecule has 0 radical (unpaired) electrons. The monoisotopic (exact) mass is 351 g/mol. The molecule has 2 fully saturated rings. The molecular weight excluding hydrogens is 338 g/mol. The zero-order valence-electron chi connectivity index (χ0n) is 13.2. The van der Waals surface area contributed by atoms with E-state index in [4.69, 9.17) is 11.6 Å². The van der Waals surface area contributed by atoms with Gasteiger partial charge in [0, 0.05) is 17.4 Å². The highest BCUT2D eigenvalue weighted by molar-refractivity contribution is 6.31. The number of carbonyl (C=O) groups is 3. The molecule has 0 unspecified atom stereocenters. The molecule has 1 saturated heterocycles. The molecule has 25 heavy (non-hydrogen) atoms. The summed E-state index contributed by atoms with van der Waals surface area (Å²) in [7, 11) is 0. The van der Waals surface area contributed by atoms with Gasteiger partial charge in [-0.3, -0.25) is 19.3 Å². The number of ketones is 1. The maximum absolute atomic E-state index is 13.1. The second-order valence-corrected chi connectivity index (χ2v) is 7.36. The largest absolute Gasteiger partial charge is 0.299 e. The van der Waals surface area contributed by atoms with Crippen LogP contribution in [0.25, 0.3) is 0 Å². The highest BCUT2D eigenvalue weighted by Gasteiger charge is 2.62. The smallest absolute Gasteiger partial charge is 0.238 e. The molecular formula is C20H14ClNO3. The highest BCUT2D eigenvalue weighted by atomic mass is 35.5. The van der Waals surface area contributed by atoms with E-state index in [-0.39, 0.29) is 23.5 Å². The minimum absolute atomic E-state index is 0.0732. The van der Waals surface area contributed by atoms with Crippen molar-refractivity contribution >= 4 is 34.9 Å². The highest BCUT2D eigenvalue weighted by Crippen LogP contribution is 2.57. The first-order valence-electron chi connectivity index (χ1n) is 8.33. The van der Waals surface area contributed by atoms with E-state index in [1.165, 1.54) is 4.90 Å². The van der Waals surface area contributed by atoms with Crippen molar-refractivity contribution in [2.75, 3.05) is 4.90 Å². The molecule has 1 saturated carbocycles. The maximum Gasteiger partial charge on any atom is 0.238 e. The van der Waals surface area contributed by atoms with E-state index in [0.717, 1.165) is 11.1 Å². The Bertz CT molecular complexity index is 936. The van der Waals surface area contributed by atoms with Gasteiger partial charge >= 0.3 is 0 Å². The number of nitrogens with zero attached hydrogens (tertiary/aromatic N) is 1. The first-order valence-corrected chi connectivity index (χ1v) is 8.70. The molecule has 2 amide bonds. The fraction of sp³-hybridized carbons (Fsp3) is 0.250. The van der Waals surface area contributed by atoms with Crippen molar-refractivity contribution in [1.82, 2.24) is 0 Å². The van der Waals surface area contributed by atoms with Crippen LogP contribution in [0.5, 0.6) is 0 Å². The van der Waals surface area contributed by atoms with Crippen molar-refractivity contribution in [3.05, 3.63) is 64.7 Å². The van der Waals surface area contributed by atoms with E-state index in [2.05, 4.69) is 0 Å². The van der Waals surface area contributed by atoms with Crippen LogP contribution in [-0.2, 0) is 14.4 Å². The van der Waals surface area contributed by atoms with Crippen molar-refractivity contribution in [2.45, 2.75) is 18.3 Å². The molecule has 1 heterocycles. The molecule has 2 aromatic carbocycles. The Hall–Kier alpha value is -2.46. The fourth-order valence-electron chi connectivity index (χ4n) is 4.80. The summed E-state index contributed by atoms with van der Waals surface area (Å²) in [4.78, 5) is 40.1. The van der Waals surface area contributed by atoms with Gasteiger partial charge in [-0.25, -0.2) is 0 Å². The number of carbonyl (C=O) groups excluding carboxylic acids is 3. The number of hydrogen-bond acceptors (Lipinski definition) is 3. The molecule has 6 rings (SSSR count). The molecule has 0 N–H and O–H groups in total. The number of anilines is 1. The van der Waals surface area contributed by atoms with Crippen LogP contribution < -0.4 is 4.90 Å². The van der Waals surface area contributed by atoms with Crippen LogP contribution in [0.4, 0.5) is 5.69 Å². The summed E-state index contributed by atoms with van der Waals surface area (Å²) < 4.78 is 0. The summed E-state index contributed by atoms with van der Waals surface area (Å²) in [5.41, 5.74) is 2.49. The maximum atomic E-state index is 13.1. The third kappa shape index (κ3) is 1.86. The van der Waals surface area contributed by atoms with Crippen LogP contribution in [0.2, 0.25) is 5.02 Å². The fourth-order valence-corrected chi connectivity index (χ4v) is 4.93. The molecule has 4 atom stereocenters. The number of rotatable bonds is 1. The lowest BCUT2D eigenvalue weighted by Crippen LogP contribution is -2.44. The SMILES string of the molecule is O=C1C[C@H]2c3ccccc3[C@H]1[C@@H]1C(=O)N(c3ccc(Cl)cc3)C(=O)[C@H]12. The quantitative estimate of drug-likeness (QED) is 0.741. The number of benzene rings is 2. The number of halogens is 1.